The van der Waals surface area contributed by atoms with E-state index in [9.17, 15) is 39.4 Å². The van der Waals surface area contributed by atoms with Crippen molar-refractivity contribution in [2.45, 2.75) is 33.6 Å². The minimum Gasteiger partial charge on any atom is -0.457 e. The Morgan fingerprint density at radius 1 is 0.842 bits per heavy atom. The Labute approximate surface area is 217 Å². The zero-order chi connectivity index (χ0) is 28.3. The molecule has 0 amide bonds. The maximum Gasteiger partial charge on any atom is 0.312 e. The summed E-state index contributed by atoms with van der Waals surface area (Å²) in [6.45, 7) is 3.76. The predicted molar refractivity (Wildman–Crippen MR) is 131 cm³/mol. The Morgan fingerprint density at radius 2 is 1.32 bits per heavy atom. The largest absolute Gasteiger partial charge is 0.457 e. The first-order valence-electron chi connectivity index (χ1n) is 11.7. The van der Waals surface area contributed by atoms with Crippen molar-refractivity contribution in [1.82, 2.24) is 0 Å². The van der Waals surface area contributed by atoms with Gasteiger partial charge in [-0.3, -0.25) is 39.4 Å². The molecule has 0 saturated heterocycles. The lowest BCUT2D eigenvalue weighted by Crippen LogP contribution is -2.44. The second kappa shape index (κ2) is 10.9. The number of hydrogen-bond donors (Lipinski definition) is 0. The van der Waals surface area contributed by atoms with E-state index in [-0.39, 0.29) is 35.3 Å². The second-order valence-electron chi connectivity index (χ2n) is 9.79. The number of carbonyl (C=O) groups is 4. The highest BCUT2D eigenvalue weighted by molar-refractivity contribution is 5.99. The van der Waals surface area contributed by atoms with Gasteiger partial charge in [-0.1, -0.05) is 38.1 Å². The Balaban J connectivity index is 1.62. The zero-order valence-electron chi connectivity index (χ0n) is 21.0. The van der Waals surface area contributed by atoms with E-state index in [4.69, 9.17) is 9.47 Å². The highest BCUT2D eigenvalue weighted by Crippen LogP contribution is 2.56. The number of nitro benzene ring substituents is 2. The summed E-state index contributed by atoms with van der Waals surface area (Å²) >= 11 is 0. The SMILES string of the molecule is CC1(C)[C@@H](C(=O)OCC(=O)c2cccc([N+](=O)[O-])c2)CC[C@]1(C)C(=O)OCC(=O)c1cccc([N+](=O)[O-])c1. The molecule has 1 fully saturated rings. The Bertz CT molecular complexity index is 1320. The molecular formula is C26H26N2O10. The number of ether oxygens (including phenoxy) is 2. The summed E-state index contributed by atoms with van der Waals surface area (Å²) in [4.78, 5) is 71.4. The number of nitro groups is 2. The van der Waals surface area contributed by atoms with E-state index in [0.29, 0.717) is 0 Å². The van der Waals surface area contributed by atoms with Crippen LogP contribution in [0.4, 0.5) is 11.4 Å². The van der Waals surface area contributed by atoms with Crippen LogP contribution >= 0.6 is 0 Å². The number of ketones is 2. The van der Waals surface area contributed by atoms with Gasteiger partial charge in [0.15, 0.2) is 13.2 Å². The van der Waals surface area contributed by atoms with Gasteiger partial charge in [0, 0.05) is 35.4 Å². The summed E-state index contributed by atoms with van der Waals surface area (Å²) in [5.74, 6) is -3.38. The van der Waals surface area contributed by atoms with E-state index in [1.165, 1.54) is 36.4 Å². The molecule has 200 valence electrons. The molecule has 1 aliphatic carbocycles. The number of carbonyl (C=O) groups excluding carboxylic acids is 4. The van der Waals surface area contributed by atoms with Gasteiger partial charge >= 0.3 is 11.9 Å². The van der Waals surface area contributed by atoms with Crippen molar-refractivity contribution in [1.29, 1.82) is 0 Å². The smallest absolute Gasteiger partial charge is 0.312 e. The molecule has 0 N–H and O–H groups in total. The summed E-state index contributed by atoms with van der Waals surface area (Å²) in [6, 6.07) is 10.1. The van der Waals surface area contributed by atoms with Crippen LogP contribution in [0.1, 0.15) is 54.3 Å². The maximum absolute atomic E-state index is 13.1. The number of rotatable bonds is 10. The van der Waals surface area contributed by atoms with Crippen LogP contribution in [0.25, 0.3) is 0 Å². The quantitative estimate of drug-likeness (QED) is 0.190. The minimum atomic E-state index is -1.16. The van der Waals surface area contributed by atoms with Crippen molar-refractivity contribution < 1.29 is 38.5 Å². The van der Waals surface area contributed by atoms with Gasteiger partial charge in [-0.05, 0) is 25.2 Å². The summed E-state index contributed by atoms with van der Waals surface area (Å²) in [6.07, 6.45) is 0.518. The number of non-ortho nitro benzene ring substituents is 2. The summed E-state index contributed by atoms with van der Waals surface area (Å²) in [5, 5.41) is 21.9. The molecule has 12 heteroatoms. The van der Waals surface area contributed by atoms with Crippen molar-refractivity contribution in [3.63, 3.8) is 0 Å². The average molecular weight is 526 g/mol. The van der Waals surface area contributed by atoms with E-state index < -0.39 is 63.3 Å². The molecule has 2 atom stereocenters. The molecular weight excluding hydrogens is 500 g/mol. The van der Waals surface area contributed by atoms with Crippen LogP contribution in [0.15, 0.2) is 48.5 Å². The van der Waals surface area contributed by atoms with Crippen LogP contribution in [0, 0.1) is 37.0 Å². The predicted octanol–water partition coefficient (Wildman–Crippen LogP) is 4.10. The van der Waals surface area contributed by atoms with E-state index in [0.717, 1.165) is 12.1 Å². The third-order valence-corrected chi connectivity index (χ3v) is 7.40. The fraction of sp³-hybridized carbons (Fsp3) is 0.385. The molecule has 0 unspecified atom stereocenters. The Hall–Kier alpha value is -4.48. The van der Waals surface area contributed by atoms with Gasteiger partial charge in [0.1, 0.15) is 0 Å². The van der Waals surface area contributed by atoms with Crippen molar-refractivity contribution in [3.05, 3.63) is 79.9 Å². The maximum atomic E-state index is 13.1. The van der Waals surface area contributed by atoms with Gasteiger partial charge in [0.05, 0.1) is 21.2 Å². The van der Waals surface area contributed by atoms with Crippen LogP contribution in [0.3, 0.4) is 0 Å². The standard InChI is InChI=1S/C26H26N2O10/c1-25(2)20(23(31)37-14-21(29)16-6-4-8-18(12-16)27(33)34)10-11-26(25,3)24(32)38-15-22(30)17-7-5-9-19(13-17)28(35)36/h4-9,12-13,20H,10-11,14-15H2,1-3H3/t20-,26-/m1/s1. The van der Waals surface area contributed by atoms with Gasteiger partial charge in [0.25, 0.3) is 11.4 Å². The molecule has 0 aliphatic heterocycles. The normalized spacial score (nSPS) is 19.8. The van der Waals surface area contributed by atoms with E-state index >= 15 is 0 Å². The van der Waals surface area contributed by atoms with Crippen LogP contribution in [0.2, 0.25) is 0 Å². The number of esters is 2. The summed E-state index contributed by atoms with van der Waals surface area (Å²) in [7, 11) is 0. The topological polar surface area (TPSA) is 173 Å². The Kier molecular flexibility index (Phi) is 8.04. The van der Waals surface area contributed by atoms with E-state index in [1.54, 1.807) is 20.8 Å². The van der Waals surface area contributed by atoms with Crippen LogP contribution in [-0.4, -0.2) is 46.6 Å². The molecule has 2 aromatic rings. The van der Waals surface area contributed by atoms with Gasteiger partial charge in [-0.2, -0.15) is 0 Å². The molecule has 1 saturated carbocycles. The third-order valence-electron chi connectivity index (χ3n) is 7.40. The molecule has 0 heterocycles. The highest BCUT2D eigenvalue weighted by atomic mass is 16.6. The Morgan fingerprint density at radius 3 is 1.79 bits per heavy atom. The second-order valence-corrected chi connectivity index (χ2v) is 9.79. The van der Waals surface area contributed by atoms with Crippen molar-refractivity contribution in [2.75, 3.05) is 13.2 Å². The number of Topliss-reactive ketones (excluding diaryl/α,β-unsaturated/α-hetero) is 2. The molecule has 0 spiro atoms. The van der Waals surface area contributed by atoms with Crippen LogP contribution < -0.4 is 0 Å². The molecule has 12 nitrogen and oxygen atoms in total. The molecule has 1 aliphatic rings. The van der Waals surface area contributed by atoms with Gasteiger partial charge in [0.2, 0.25) is 11.6 Å². The number of nitrogens with zero attached hydrogens (tertiary/aromatic N) is 2. The lowest BCUT2D eigenvalue weighted by atomic mass is 9.65. The van der Waals surface area contributed by atoms with Crippen molar-refractivity contribution in [3.8, 4) is 0 Å². The first kappa shape index (κ1) is 28.1. The zero-order valence-corrected chi connectivity index (χ0v) is 21.0. The number of hydrogen-bond acceptors (Lipinski definition) is 10. The first-order valence-corrected chi connectivity index (χ1v) is 11.7. The highest BCUT2D eigenvalue weighted by Gasteiger charge is 2.59. The molecule has 3 rings (SSSR count). The molecule has 0 aromatic heterocycles. The fourth-order valence-corrected chi connectivity index (χ4v) is 4.56. The van der Waals surface area contributed by atoms with Gasteiger partial charge < -0.3 is 9.47 Å². The molecule has 0 bridgehead atoms. The third kappa shape index (κ3) is 5.58. The lowest BCUT2D eigenvalue weighted by Gasteiger charge is -2.38. The number of benzene rings is 2. The van der Waals surface area contributed by atoms with Gasteiger partial charge in [-0.15, -0.1) is 0 Å². The average Bonchev–Trinajstić information content (AvgIpc) is 3.14. The monoisotopic (exact) mass is 526 g/mol. The molecule has 2 aromatic carbocycles. The summed E-state index contributed by atoms with van der Waals surface area (Å²) < 4.78 is 10.5. The first-order chi connectivity index (χ1) is 17.8. The van der Waals surface area contributed by atoms with E-state index in [1.807, 2.05) is 0 Å². The lowest BCUT2D eigenvalue weighted by molar-refractivity contribution is -0.385. The summed E-state index contributed by atoms with van der Waals surface area (Å²) in [5.41, 5.74) is -2.61. The molecule has 38 heavy (non-hydrogen) atoms. The minimum absolute atomic E-state index is 0.0257. The van der Waals surface area contributed by atoms with E-state index in [2.05, 4.69) is 0 Å². The van der Waals surface area contributed by atoms with Gasteiger partial charge in [-0.25, -0.2) is 0 Å². The van der Waals surface area contributed by atoms with Crippen LogP contribution in [0.5, 0.6) is 0 Å². The van der Waals surface area contributed by atoms with Crippen molar-refractivity contribution >= 4 is 34.9 Å². The fourth-order valence-electron chi connectivity index (χ4n) is 4.56. The molecule has 0 radical (unpaired) electrons. The van der Waals surface area contributed by atoms with Crippen LogP contribution in [-0.2, 0) is 19.1 Å². The van der Waals surface area contributed by atoms with Crippen molar-refractivity contribution in [2.24, 2.45) is 16.7 Å².